The van der Waals surface area contributed by atoms with Gasteiger partial charge in [0.25, 0.3) is 0 Å². The fraction of sp³-hybridized carbons (Fsp3) is 0.0909. The van der Waals surface area contributed by atoms with E-state index in [0.717, 1.165) is 21.7 Å². The van der Waals surface area contributed by atoms with Crippen molar-refractivity contribution >= 4 is 27.4 Å². The lowest BCUT2D eigenvalue weighted by molar-refractivity contribution is 0.174. The molecule has 17 heavy (non-hydrogen) atoms. The van der Waals surface area contributed by atoms with Crippen LogP contribution in [0.5, 0.6) is 11.5 Å². The maximum atomic E-state index is 5.30. The first-order chi connectivity index (χ1) is 8.33. The van der Waals surface area contributed by atoms with E-state index in [4.69, 9.17) is 9.47 Å². The normalized spacial score (nSPS) is 12.5. The topological polar surface area (TPSA) is 56.3 Å². The number of benzene rings is 1. The molecule has 3 rings (SSSR count). The predicted molar refractivity (Wildman–Crippen MR) is 65.6 cm³/mol. The second kappa shape index (κ2) is 4.21. The molecular weight excluding hydrogens is 286 g/mol. The van der Waals surface area contributed by atoms with Crippen molar-refractivity contribution in [2.75, 3.05) is 12.1 Å². The van der Waals surface area contributed by atoms with E-state index in [1.165, 1.54) is 6.33 Å². The molecule has 1 aromatic heterocycles. The van der Waals surface area contributed by atoms with Crippen molar-refractivity contribution in [2.45, 2.75) is 0 Å². The van der Waals surface area contributed by atoms with Gasteiger partial charge in [-0.3, -0.25) is 0 Å². The number of ether oxygens (including phenoxy) is 2. The number of nitrogens with zero attached hydrogens (tertiary/aromatic N) is 2. The van der Waals surface area contributed by atoms with Crippen molar-refractivity contribution in [3.63, 3.8) is 0 Å². The summed E-state index contributed by atoms with van der Waals surface area (Å²) in [5.74, 6) is 2.20. The predicted octanol–water partition coefficient (Wildman–Crippen LogP) is 2.71. The van der Waals surface area contributed by atoms with Gasteiger partial charge in [0.1, 0.15) is 12.1 Å². The second-order valence-electron chi connectivity index (χ2n) is 3.41. The fourth-order valence-electron chi connectivity index (χ4n) is 1.52. The van der Waals surface area contributed by atoms with E-state index in [1.54, 1.807) is 6.20 Å². The van der Waals surface area contributed by atoms with Crippen LogP contribution in [0.2, 0.25) is 0 Å². The van der Waals surface area contributed by atoms with Gasteiger partial charge in [0, 0.05) is 18.0 Å². The van der Waals surface area contributed by atoms with Crippen molar-refractivity contribution in [3.8, 4) is 11.5 Å². The molecule has 0 fully saturated rings. The van der Waals surface area contributed by atoms with E-state index in [9.17, 15) is 0 Å². The first-order valence-corrected chi connectivity index (χ1v) is 5.74. The van der Waals surface area contributed by atoms with Crippen LogP contribution in [0, 0.1) is 0 Å². The highest BCUT2D eigenvalue weighted by Crippen LogP contribution is 2.35. The van der Waals surface area contributed by atoms with Gasteiger partial charge in [-0.15, -0.1) is 0 Å². The van der Waals surface area contributed by atoms with Crippen LogP contribution in [0.1, 0.15) is 0 Å². The first kappa shape index (κ1) is 10.3. The molecule has 0 radical (unpaired) electrons. The Bertz CT molecular complexity index is 562. The van der Waals surface area contributed by atoms with Gasteiger partial charge in [-0.2, -0.15) is 0 Å². The molecule has 6 heteroatoms. The van der Waals surface area contributed by atoms with E-state index in [-0.39, 0.29) is 6.79 Å². The molecule has 86 valence electrons. The van der Waals surface area contributed by atoms with Crippen molar-refractivity contribution in [1.29, 1.82) is 0 Å². The summed E-state index contributed by atoms with van der Waals surface area (Å²) in [5, 5.41) is 3.17. The summed E-state index contributed by atoms with van der Waals surface area (Å²) in [7, 11) is 0. The zero-order valence-corrected chi connectivity index (χ0v) is 10.3. The molecule has 0 aliphatic carbocycles. The minimum absolute atomic E-state index is 0.274. The quantitative estimate of drug-likeness (QED) is 0.923. The standard InChI is InChI=1S/C11H8BrN3O2/c12-8-4-13-5-14-11(8)15-7-1-2-9-10(3-7)17-6-16-9/h1-5H,6H2,(H,13,14,15). The minimum Gasteiger partial charge on any atom is -0.454 e. The maximum Gasteiger partial charge on any atom is 0.231 e. The highest BCUT2D eigenvalue weighted by atomic mass is 79.9. The summed E-state index contributed by atoms with van der Waals surface area (Å²) in [4.78, 5) is 8.03. The van der Waals surface area contributed by atoms with Crippen molar-refractivity contribution < 1.29 is 9.47 Å². The van der Waals surface area contributed by atoms with Gasteiger partial charge < -0.3 is 14.8 Å². The number of anilines is 2. The third-order valence-corrected chi connectivity index (χ3v) is 2.88. The molecule has 1 aliphatic rings. The minimum atomic E-state index is 0.274. The molecule has 0 saturated carbocycles. The molecule has 5 nitrogen and oxygen atoms in total. The van der Waals surface area contributed by atoms with Gasteiger partial charge in [0.15, 0.2) is 11.5 Å². The molecule has 1 N–H and O–H groups in total. The van der Waals surface area contributed by atoms with Gasteiger partial charge in [-0.05, 0) is 28.1 Å². The van der Waals surface area contributed by atoms with Crippen molar-refractivity contribution in [3.05, 3.63) is 35.2 Å². The van der Waals surface area contributed by atoms with Gasteiger partial charge in [0.2, 0.25) is 6.79 Å². The van der Waals surface area contributed by atoms with E-state index < -0.39 is 0 Å². The first-order valence-electron chi connectivity index (χ1n) is 4.95. The molecule has 0 amide bonds. The average Bonchev–Trinajstić information content (AvgIpc) is 2.79. The summed E-state index contributed by atoms with van der Waals surface area (Å²) < 4.78 is 11.3. The number of nitrogens with one attached hydrogen (secondary N) is 1. The van der Waals surface area contributed by atoms with Crippen LogP contribution in [-0.4, -0.2) is 16.8 Å². The Labute approximate surface area is 106 Å². The Kier molecular flexibility index (Phi) is 2.56. The second-order valence-corrected chi connectivity index (χ2v) is 4.27. The highest BCUT2D eigenvalue weighted by Gasteiger charge is 2.13. The summed E-state index contributed by atoms with van der Waals surface area (Å²) >= 11 is 3.37. The molecule has 0 saturated heterocycles. The molecule has 1 aliphatic heterocycles. The van der Waals surface area contributed by atoms with E-state index in [0.29, 0.717) is 5.82 Å². The SMILES string of the molecule is Brc1cncnc1Nc1ccc2c(c1)OCO2. The Morgan fingerprint density at radius 1 is 1.24 bits per heavy atom. The lowest BCUT2D eigenvalue weighted by atomic mass is 10.3. The van der Waals surface area contributed by atoms with Gasteiger partial charge in [-0.25, -0.2) is 9.97 Å². The maximum absolute atomic E-state index is 5.30. The third-order valence-electron chi connectivity index (χ3n) is 2.30. The Hall–Kier alpha value is -1.82. The Morgan fingerprint density at radius 2 is 2.12 bits per heavy atom. The number of hydrogen-bond donors (Lipinski definition) is 1. The molecular formula is C11H8BrN3O2. The molecule has 0 bridgehead atoms. The molecule has 1 aromatic carbocycles. The van der Waals surface area contributed by atoms with Crippen LogP contribution in [0.4, 0.5) is 11.5 Å². The smallest absolute Gasteiger partial charge is 0.231 e. The summed E-state index contributed by atoms with van der Waals surface area (Å²) in [6.07, 6.45) is 3.17. The molecule has 0 unspecified atom stereocenters. The van der Waals surface area contributed by atoms with E-state index in [1.807, 2.05) is 18.2 Å². The van der Waals surface area contributed by atoms with Gasteiger partial charge >= 0.3 is 0 Å². The third kappa shape index (κ3) is 2.03. The molecule has 2 aromatic rings. The van der Waals surface area contributed by atoms with Crippen LogP contribution in [-0.2, 0) is 0 Å². The fourth-order valence-corrected chi connectivity index (χ4v) is 1.84. The summed E-state index contributed by atoms with van der Waals surface area (Å²) in [6.45, 7) is 0.274. The Morgan fingerprint density at radius 3 is 3.00 bits per heavy atom. The summed E-state index contributed by atoms with van der Waals surface area (Å²) in [6, 6.07) is 5.64. The monoisotopic (exact) mass is 293 g/mol. The summed E-state index contributed by atoms with van der Waals surface area (Å²) in [5.41, 5.74) is 0.883. The number of hydrogen-bond acceptors (Lipinski definition) is 5. The lowest BCUT2D eigenvalue weighted by Gasteiger charge is -2.07. The average molecular weight is 294 g/mol. The van der Waals surface area contributed by atoms with Crippen molar-refractivity contribution in [1.82, 2.24) is 9.97 Å². The molecule has 0 atom stereocenters. The zero-order valence-electron chi connectivity index (χ0n) is 8.68. The molecule has 0 spiro atoms. The number of rotatable bonds is 2. The number of halogens is 1. The molecule has 2 heterocycles. The van der Waals surface area contributed by atoms with Gasteiger partial charge in [0.05, 0.1) is 4.47 Å². The van der Waals surface area contributed by atoms with Crippen LogP contribution in [0.3, 0.4) is 0 Å². The van der Waals surface area contributed by atoms with Crippen molar-refractivity contribution in [2.24, 2.45) is 0 Å². The largest absolute Gasteiger partial charge is 0.454 e. The number of aromatic nitrogens is 2. The lowest BCUT2D eigenvalue weighted by Crippen LogP contribution is -1.95. The van der Waals surface area contributed by atoms with Gasteiger partial charge in [-0.1, -0.05) is 0 Å². The number of fused-ring (bicyclic) bond motifs is 1. The zero-order chi connectivity index (χ0) is 11.7. The highest BCUT2D eigenvalue weighted by molar-refractivity contribution is 9.10. The Balaban J connectivity index is 1.89. The van der Waals surface area contributed by atoms with Crippen LogP contribution in [0.15, 0.2) is 35.2 Å². The van der Waals surface area contributed by atoms with E-state index >= 15 is 0 Å². The van der Waals surface area contributed by atoms with Crippen LogP contribution >= 0.6 is 15.9 Å². The van der Waals surface area contributed by atoms with Crippen LogP contribution in [0.25, 0.3) is 0 Å². The van der Waals surface area contributed by atoms with E-state index in [2.05, 4.69) is 31.2 Å². The van der Waals surface area contributed by atoms with Crippen LogP contribution < -0.4 is 14.8 Å².